The predicted octanol–water partition coefficient (Wildman–Crippen LogP) is 4.66. The van der Waals surface area contributed by atoms with E-state index in [1.165, 1.54) is 12.1 Å². The molecule has 1 amide bonds. The van der Waals surface area contributed by atoms with E-state index in [1.807, 2.05) is 42.5 Å². The lowest BCUT2D eigenvalue weighted by molar-refractivity contribution is 0.102. The van der Waals surface area contributed by atoms with Crippen molar-refractivity contribution >= 4 is 11.6 Å². The predicted molar refractivity (Wildman–Crippen MR) is 91.6 cm³/mol. The van der Waals surface area contributed by atoms with Crippen molar-refractivity contribution < 1.29 is 13.9 Å². The number of hydrogen-bond acceptors (Lipinski definition) is 2. The smallest absolute Gasteiger partial charge is 0.256 e. The Morgan fingerprint density at radius 1 is 0.917 bits per heavy atom. The summed E-state index contributed by atoms with van der Waals surface area (Å²) in [6.07, 6.45) is 0. The van der Waals surface area contributed by atoms with E-state index >= 15 is 0 Å². The summed E-state index contributed by atoms with van der Waals surface area (Å²) in [7, 11) is 0. The number of benzene rings is 3. The van der Waals surface area contributed by atoms with Gasteiger partial charge in [-0.3, -0.25) is 4.79 Å². The first-order chi connectivity index (χ1) is 11.7. The van der Waals surface area contributed by atoms with Gasteiger partial charge in [-0.05, 0) is 36.4 Å². The summed E-state index contributed by atoms with van der Waals surface area (Å²) >= 11 is 0. The molecule has 3 aromatic rings. The standard InChI is InChI=1S/C20H16FNO2/c21-16-8-6-9-17(13-16)22-20(23)19-12-5-4-7-15(19)14-24-18-10-2-1-3-11-18/h1-13H,14H2,(H,22,23). The van der Waals surface area contributed by atoms with Gasteiger partial charge in [0.05, 0.1) is 0 Å². The minimum Gasteiger partial charge on any atom is -0.489 e. The van der Waals surface area contributed by atoms with Crippen LogP contribution in [0.1, 0.15) is 15.9 Å². The van der Waals surface area contributed by atoms with Gasteiger partial charge >= 0.3 is 0 Å². The molecule has 0 saturated heterocycles. The van der Waals surface area contributed by atoms with Crippen LogP contribution >= 0.6 is 0 Å². The summed E-state index contributed by atoms with van der Waals surface area (Å²) in [6.45, 7) is 0.275. The van der Waals surface area contributed by atoms with Crippen molar-refractivity contribution in [2.45, 2.75) is 6.61 Å². The van der Waals surface area contributed by atoms with Crippen LogP contribution in [0.25, 0.3) is 0 Å². The van der Waals surface area contributed by atoms with Crippen molar-refractivity contribution in [3.63, 3.8) is 0 Å². The minimum atomic E-state index is -0.395. The van der Waals surface area contributed by atoms with Crippen LogP contribution in [-0.4, -0.2) is 5.91 Å². The topological polar surface area (TPSA) is 38.3 Å². The van der Waals surface area contributed by atoms with E-state index < -0.39 is 5.82 Å². The molecular weight excluding hydrogens is 305 g/mol. The highest BCUT2D eigenvalue weighted by Gasteiger charge is 2.12. The Kier molecular flexibility index (Phi) is 4.87. The summed E-state index contributed by atoms with van der Waals surface area (Å²) in [5.74, 6) is 0.0409. The molecule has 0 aromatic heterocycles. The Hall–Kier alpha value is -3.14. The molecule has 0 aliphatic carbocycles. The quantitative estimate of drug-likeness (QED) is 0.742. The van der Waals surface area contributed by atoms with Crippen LogP contribution in [0.5, 0.6) is 5.75 Å². The van der Waals surface area contributed by atoms with E-state index in [9.17, 15) is 9.18 Å². The van der Waals surface area contributed by atoms with E-state index in [1.54, 1.807) is 24.3 Å². The van der Waals surface area contributed by atoms with Crippen molar-refractivity contribution in [1.29, 1.82) is 0 Å². The fourth-order valence-electron chi connectivity index (χ4n) is 2.31. The Morgan fingerprint density at radius 2 is 1.67 bits per heavy atom. The molecule has 0 unspecified atom stereocenters. The number of ether oxygens (including phenoxy) is 1. The van der Waals surface area contributed by atoms with Gasteiger partial charge in [-0.1, -0.05) is 42.5 Å². The number of hydrogen-bond donors (Lipinski definition) is 1. The molecule has 3 aromatic carbocycles. The number of carbonyl (C=O) groups is 1. The second-order valence-electron chi connectivity index (χ2n) is 5.22. The van der Waals surface area contributed by atoms with Crippen LogP contribution in [0.3, 0.4) is 0 Å². The van der Waals surface area contributed by atoms with Crippen molar-refractivity contribution in [3.05, 3.63) is 95.8 Å². The van der Waals surface area contributed by atoms with Gasteiger partial charge in [0.15, 0.2) is 0 Å². The number of amides is 1. The number of carbonyl (C=O) groups excluding carboxylic acids is 1. The van der Waals surface area contributed by atoms with Crippen LogP contribution in [0.15, 0.2) is 78.9 Å². The van der Waals surface area contributed by atoms with Gasteiger partial charge in [-0.2, -0.15) is 0 Å². The maximum absolute atomic E-state index is 13.2. The Morgan fingerprint density at radius 3 is 2.46 bits per heavy atom. The molecule has 0 bridgehead atoms. The molecule has 0 aliphatic rings. The van der Waals surface area contributed by atoms with E-state index in [0.29, 0.717) is 11.3 Å². The number of para-hydroxylation sites is 1. The monoisotopic (exact) mass is 321 g/mol. The highest BCUT2D eigenvalue weighted by molar-refractivity contribution is 6.05. The van der Waals surface area contributed by atoms with E-state index in [2.05, 4.69) is 5.32 Å². The largest absolute Gasteiger partial charge is 0.489 e. The number of halogens is 1. The zero-order valence-corrected chi connectivity index (χ0v) is 12.9. The van der Waals surface area contributed by atoms with Crippen LogP contribution in [0.2, 0.25) is 0 Å². The molecule has 0 atom stereocenters. The zero-order chi connectivity index (χ0) is 16.8. The molecule has 24 heavy (non-hydrogen) atoms. The normalized spacial score (nSPS) is 10.2. The van der Waals surface area contributed by atoms with Gasteiger partial charge < -0.3 is 10.1 Å². The van der Waals surface area contributed by atoms with Gasteiger partial charge in [0, 0.05) is 16.8 Å². The summed E-state index contributed by atoms with van der Waals surface area (Å²) in [5, 5.41) is 2.70. The lowest BCUT2D eigenvalue weighted by Gasteiger charge is -2.11. The first kappa shape index (κ1) is 15.7. The molecule has 0 aliphatic heterocycles. The van der Waals surface area contributed by atoms with Crippen molar-refractivity contribution in [3.8, 4) is 5.75 Å². The molecule has 1 N–H and O–H groups in total. The Balaban J connectivity index is 1.74. The Bertz CT molecular complexity index is 834. The molecule has 120 valence electrons. The summed E-state index contributed by atoms with van der Waals surface area (Å²) in [5.41, 5.74) is 1.67. The third kappa shape index (κ3) is 3.98. The highest BCUT2D eigenvalue weighted by atomic mass is 19.1. The van der Waals surface area contributed by atoms with Crippen molar-refractivity contribution in [2.24, 2.45) is 0 Å². The average Bonchev–Trinajstić information content (AvgIpc) is 2.61. The van der Waals surface area contributed by atoms with Crippen LogP contribution in [-0.2, 0) is 6.61 Å². The number of anilines is 1. The fraction of sp³-hybridized carbons (Fsp3) is 0.0500. The van der Waals surface area contributed by atoms with Crippen LogP contribution in [0.4, 0.5) is 10.1 Å². The molecular formula is C20H16FNO2. The maximum Gasteiger partial charge on any atom is 0.256 e. The molecule has 0 saturated carbocycles. The molecule has 3 rings (SSSR count). The molecule has 0 heterocycles. The van der Waals surface area contributed by atoms with Crippen LogP contribution in [0, 0.1) is 5.82 Å². The second-order valence-corrected chi connectivity index (χ2v) is 5.22. The lowest BCUT2D eigenvalue weighted by Crippen LogP contribution is -2.15. The van der Waals surface area contributed by atoms with E-state index in [4.69, 9.17) is 4.74 Å². The Labute approximate surface area is 139 Å². The molecule has 0 spiro atoms. The number of nitrogens with one attached hydrogen (secondary N) is 1. The van der Waals surface area contributed by atoms with Crippen molar-refractivity contribution in [2.75, 3.05) is 5.32 Å². The molecule has 0 fully saturated rings. The van der Waals surface area contributed by atoms with E-state index in [-0.39, 0.29) is 12.5 Å². The molecule has 0 radical (unpaired) electrons. The highest BCUT2D eigenvalue weighted by Crippen LogP contribution is 2.17. The van der Waals surface area contributed by atoms with Gasteiger partial charge in [-0.25, -0.2) is 4.39 Å². The number of rotatable bonds is 5. The summed E-state index contributed by atoms with van der Waals surface area (Å²) in [6, 6.07) is 22.4. The van der Waals surface area contributed by atoms with E-state index in [0.717, 1.165) is 11.3 Å². The zero-order valence-electron chi connectivity index (χ0n) is 12.9. The SMILES string of the molecule is O=C(Nc1cccc(F)c1)c1ccccc1COc1ccccc1. The summed E-state index contributed by atoms with van der Waals surface area (Å²) in [4.78, 5) is 12.5. The van der Waals surface area contributed by atoms with Crippen molar-refractivity contribution in [1.82, 2.24) is 0 Å². The fourth-order valence-corrected chi connectivity index (χ4v) is 2.31. The van der Waals surface area contributed by atoms with Gasteiger partial charge in [-0.15, -0.1) is 0 Å². The summed E-state index contributed by atoms with van der Waals surface area (Å²) < 4.78 is 18.9. The maximum atomic E-state index is 13.2. The first-order valence-electron chi connectivity index (χ1n) is 7.55. The minimum absolute atomic E-state index is 0.275. The van der Waals surface area contributed by atoms with Gasteiger partial charge in [0.1, 0.15) is 18.2 Å². The third-order valence-corrected chi connectivity index (χ3v) is 3.48. The van der Waals surface area contributed by atoms with Crippen LogP contribution < -0.4 is 10.1 Å². The van der Waals surface area contributed by atoms with Gasteiger partial charge in [0.25, 0.3) is 5.91 Å². The lowest BCUT2D eigenvalue weighted by atomic mass is 10.1. The van der Waals surface area contributed by atoms with Gasteiger partial charge in [0.2, 0.25) is 0 Å². The first-order valence-corrected chi connectivity index (χ1v) is 7.55. The third-order valence-electron chi connectivity index (χ3n) is 3.48. The molecule has 4 heteroatoms. The average molecular weight is 321 g/mol. The second kappa shape index (κ2) is 7.42. The molecule has 3 nitrogen and oxygen atoms in total.